The zero-order chi connectivity index (χ0) is 14.3. The molecular formula is C15H23F2NS. The molecule has 108 valence electrons. The molecule has 0 radical (unpaired) electrons. The number of alkyl halides is 2. The first kappa shape index (κ1) is 16.3. The number of hydrogen-bond donors (Lipinski definition) is 1. The highest BCUT2D eigenvalue weighted by atomic mass is 32.2. The lowest BCUT2D eigenvalue weighted by atomic mass is 9.97. The summed E-state index contributed by atoms with van der Waals surface area (Å²) in [5.74, 6) is -1.73. The molecular weight excluding hydrogens is 264 g/mol. The van der Waals surface area contributed by atoms with E-state index in [0.29, 0.717) is 28.6 Å². The van der Waals surface area contributed by atoms with Gasteiger partial charge in [0.05, 0.1) is 0 Å². The van der Waals surface area contributed by atoms with Gasteiger partial charge in [0.1, 0.15) is 0 Å². The van der Waals surface area contributed by atoms with Crippen molar-refractivity contribution >= 4 is 17.4 Å². The minimum absolute atomic E-state index is 0.342. The van der Waals surface area contributed by atoms with Crippen LogP contribution < -0.4 is 5.32 Å². The topological polar surface area (TPSA) is 12.0 Å². The zero-order valence-electron chi connectivity index (χ0n) is 11.8. The Balaban J connectivity index is 2.73. The highest BCUT2D eigenvalue weighted by Crippen LogP contribution is 2.32. The van der Waals surface area contributed by atoms with Crippen LogP contribution in [0.2, 0.25) is 0 Å². The molecule has 4 heteroatoms. The quantitative estimate of drug-likeness (QED) is 0.622. The van der Waals surface area contributed by atoms with E-state index in [2.05, 4.69) is 26.1 Å². The molecule has 0 amide bonds. The number of nitrogens with one attached hydrogen (secondary N) is 1. The monoisotopic (exact) mass is 287 g/mol. The molecule has 1 rings (SSSR count). The van der Waals surface area contributed by atoms with Crippen molar-refractivity contribution in [2.75, 3.05) is 5.32 Å². The van der Waals surface area contributed by atoms with E-state index < -0.39 is 5.76 Å². The van der Waals surface area contributed by atoms with E-state index in [1.54, 1.807) is 12.1 Å². The maximum Gasteiger partial charge on any atom is 0.288 e. The number of halogens is 2. The van der Waals surface area contributed by atoms with Crippen LogP contribution in [0.1, 0.15) is 40.0 Å². The van der Waals surface area contributed by atoms with E-state index in [-0.39, 0.29) is 0 Å². The van der Waals surface area contributed by atoms with Crippen molar-refractivity contribution in [1.29, 1.82) is 0 Å². The van der Waals surface area contributed by atoms with Crippen LogP contribution in [0.25, 0.3) is 0 Å². The highest BCUT2D eigenvalue weighted by molar-refractivity contribution is 7.99. The van der Waals surface area contributed by atoms with Gasteiger partial charge in [-0.25, -0.2) is 0 Å². The Labute approximate surface area is 119 Å². The Hall–Kier alpha value is -0.770. The summed E-state index contributed by atoms with van der Waals surface area (Å²) in [6.45, 7) is 6.53. The molecule has 2 atom stereocenters. The highest BCUT2D eigenvalue weighted by Gasteiger charge is 2.14. The first-order chi connectivity index (χ1) is 9.06. The molecule has 0 spiro atoms. The van der Waals surface area contributed by atoms with Gasteiger partial charge in [-0.05, 0) is 30.9 Å². The van der Waals surface area contributed by atoms with Crippen LogP contribution in [0.3, 0.4) is 0 Å². The Morgan fingerprint density at radius 2 is 1.84 bits per heavy atom. The number of benzene rings is 1. The molecule has 0 bridgehead atoms. The second-order valence-corrected chi connectivity index (χ2v) is 5.91. The summed E-state index contributed by atoms with van der Waals surface area (Å²) in [7, 11) is 0. The van der Waals surface area contributed by atoms with Gasteiger partial charge < -0.3 is 5.32 Å². The van der Waals surface area contributed by atoms with Gasteiger partial charge in [-0.15, -0.1) is 0 Å². The summed E-state index contributed by atoms with van der Waals surface area (Å²) in [4.78, 5) is 0.625. The molecule has 0 aliphatic carbocycles. The molecule has 1 N–H and O–H groups in total. The van der Waals surface area contributed by atoms with E-state index in [4.69, 9.17) is 0 Å². The summed E-state index contributed by atoms with van der Waals surface area (Å²) < 4.78 is 25.0. The van der Waals surface area contributed by atoms with Crippen molar-refractivity contribution < 1.29 is 8.78 Å². The van der Waals surface area contributed by atoms with Gasteiger partial charge in [-0.2, -0.15) is 8.78 Å². The Bertz CT molecular complexity index is 371. The van der Waals surface area contributed by atoms with Gasteiger partial charge in [0.2, 0.25) is 0 Å². The third-order valence-electron chi connectivity index (χ3n) is 3.34. The minimum Gasteiger partial charge on any atom is -0.381 e. The molecule has 0 aromatic heterocycles. The smallest absolute Gasteiger partial charge is 0.288 e. The third kappa shape index (κ3) is 5.81. The van der Waals surface area contributed by atoms with Crippen LogP contribution in [0.15, 0.2) is 29.2 Å². The lowest BCUT2D eigenvalue weighted by Gasteiger charge is -2.23. The molecule has 19 heavy (non-hydrogen) atoms. The first-order valence-electron chi connectivity index (χ1n) is 6.87. The Morgan fingerprint density at radius 3 is 2.42 bits per heavy atom. The van der Waals surface area contributed by atoms with E-state index in [1.807, 2.05) is 12.1 Å². The molecule has 0 fully saturated rings. The van der Waals surface area contributed by atoms with Crippen LogP contribution in [0, 0.1) is 5.92 Å². The molecule has 0 saturated heterocycles. The van der Waals surface area contributed by atoms with E-state index >= 15 is 0 Å². The fraction of sp³-hybridized carbons (Fsp3) is 0.600. The standard InChI is InChI=1S/C15H23F2NS/c1-4-11(3)10-12(5-2)18-13-8-6-7-9-14(13)19-15(16)17/h6-9,11-12,15,18H,4-5,10H2,1-3H3. The predicted octanol–water partition coefficient (Wildman–Crippen LogP) is 5.63. The molecule has 0 aliphatic heterocycles. The van der Waals surface area contributed by atoms with E-state index in [9.17, 15) is 8.78 Å². The number of rotatable bonds is 8. The lowest BCUT2D eigenvalue weighted by Crippen LogP contribution is -2.21. The van der Waals surface area contributed by atoms with Gasteiger partial charge in [-0.3, -0.25) is 0 Å². The molecule has 0 aliphatic rings. The average Bonchev–Trinajstić information content (AvgIpc) is 2.39. The second-order valence-electron chi connectivity index (χ2n) is 4.87. The molecule has 1 nitrogen and oxygen atoms in total. The third-order valence-corrected chi connectivity index (χ3v) is 4.13. The average molecular weight is 287 g/mol. The fourth-order valence-electron chi connectivity index (χ4n) is 1.98. The van der Waals surface area contributed by atoms with Gasteiger partial charge >= 0.3 is 0 Å². The Morgan fingerprint density at radius 1 is 1.16 bits per heavy atom. The summed E-state index contributed by atoms with van der Waals surface area (Å²) >= 11 is 0.606. The van der Waals surface area contributed by atoms with Crippen LogP contribution in [0.5, 0.6) is 0 Å². The van der Waals surface area contributed by atoms with Gasteiger partial charge in [0, 0.05) is 16.6 Å². The molecule has 0 saturated carbocycles. The van der Waals surface area contributed by atoms with Crippen molar-refractivity contribution in [1.82, 2.24) is 0 Å². The van der Waals surface area contributed by atoms with Crippen LogP contribution in [0.4, 0.5) is 14.5 Å². The summed E-state index contributed by atoms with van der Waals surface area (Å²) in [6.07, 6.45) is 3.21. The Kier molecular flexibility index (Phi) is 7.21. The SMILES string of the molecule is CCC(C)CC(CC)Nc1ccccc1SC(F)F. The molecule has 1 aromatic carbocycles. The fourth-order valence-corrected chi connectivity index (χ4v) is 2.59. The summed E-state index contributed by atoms with van der Waals surface area (Å²) in [6, 6.07) is 7.65. The van der Waals surface area contributed by atoms with Crippen LogP contribution in [-0.2, 0) is 0 Å². The normalized spacial score (nSPS) is 14.4. The maximum atomic E-state index is 12.5. The van der Waals surface area contributed by atoms with Crippen molar-refractivity contribution in [2.24, 2.45) is 5.92 Å². The summed E-state index contributed by atoms with van der Waals surface area (Å²) in [5, 5.41) is 3.41. The van der Waals surface area contributed by atoms with Crippen LogP contribution >= 0.6 is 11.8 Å². The molecule has 0 heterocycles. The van der Waals surface area contributed by atoms with Crippen LogP contribution in [-0.4, -0.2) is 11.8 Å². The largest absolute Gasteiger partial charge is 0.381 e. The lowest BCUT2D eigenvalue weighted by molar-refractivity contribution is 0.252. The van der Waals surface area contributed by atoms with Crippen molar-refractivity contribution in [3.8, 4) is 0 Å². The molecule has 2 unspecified atom stereocenters. The second kappa shape index (κ2) is 8.41. The van der Waals surface area contributed by atoms with Crippen molar-refractivity contribution in [3.05, 3.63) is 24.3 Å². The zero-order valence-corrected chi connectivity index (χ0v) is 12.6. The van der Waals surface area contributed by atoms with E-state index in [1.165, 1.54) is 0 Å². The molecule has 1 aromatic rings. The maximum absolute atomic E-state index is 12.5. The first-order valence-corrected chi connectivity index (χ1v) is 7.75. The number of anilines is 1. The number of hydrogen-bond acceptors (Lipinski definition) is 2. The van der Waals surface area contributed by atoms with Gasteiger partial charge in [0.15, 0.2) is 0 Å². The van der Waals surface area contributed by atoms with Gasteiger partial charge in [0.25, 0.3) is 5.76 Å². The number of thioether (sulfide) groups is 1. The van der Waals surface area contributed by atoms with Crippen molar-refractivity contribution in [3.63, 3.8) is 0 Å². The van der Waals surface area contributed by atoms with Crippen molar-refractivity contribution in [2.45, 2.75) is 56.7 Å². The van der Waals surface area contributed by atoms with Gasteiger partial charge in [-0.1, -0.05) is 51.1 Å². The number of para-hydroxylation sites is 1. The minimum atomic E-state index is -2.38. The summed E-state index contributed by atoms with van der Waals surface area (Å²) in [5.41, 5.74) is 0.822. The van der Waals surface area contributed by atoms with E-state index in [0.717, 1.165) is 24.9 Å². The predicted molar refractivity (Wildman–Crippen MR) is 80.1 cm³/mol.